The van der Waals surface area contributed by atoms with E-state index in [1.807, 2.05) is 179 Å². The van der Waals surface area contributed by atoms with Gasteiger partial charge in [0.2, 0.25) is 17.7 Å². The molecule has 8 heterocycles. The molecule has 0 bridgehead atoms. The SMILES string of the molecule is CN(C)CCC(=O)N1CCc2cc(N=C(c3ccccc3)c3c(O)[nH]c4cc(C(=O)O)ccc34)ccc21.O=C(O)c1ccc2c(C(=Nc3ccc4c(c3)CCN4C(=O)CCN3CCCCC3)c3ccccc3)c(O)[nH]c2c1.O=C(O)c1ccc2c(C(=Nc3ccc4c(c3)CCN4C(=O)CCN3CCCCC3)c3ccccc3)c(O)[nH]c2c1. The molecule has 0 saturated carbocycles. The fraction of sp³-hybridized carbons (Fsp3) is 0.258. The summed E-state index contributed by atoms with van der Waals surface area (Å²) in [6.45, 7) is 8.66. The highest BCUT2D eigenvalue weighted by Gasteiger charge is 2.31. The average Bonchev–Trinajstić information content (AvgIpc) is 1.64. The molecular formula is C93H92N12O12. The van der Waals surface area contributed by atoms with Gasteiger partial charge in [-0.15, -0.1) is 0 Å². The number of nitrogens with zero attached hydrogens (tertiary/aromatic N) is 9. The van der Waals surface area contributed by atoms with Gasteiger partial charge < -0.3 is 75.0 Å². The molecule has 3 amide bonds. The van der Waals surface area contributed by atoms with Crippen molar-refractivity contribution in [1.29, 1.82) is 0 Å². The number of rotatable bonds is 21. The number of piperidine rings is 2. The van der Waals surface area contributed by atoms with Gasteiger partial charge in [0.15, 0.2) is 17.6 Å². The van der Waals surface area contributed by atoms with E-state index in [1.165, 1.54) is 74.9 Å². The number of anilines is 3. The second kappa shape index (κ2) is 35.2. The summed E-state index contributed by atoms with van der Waals surface area (Å²) in [5, 5.41) is 62.9. The highest BCUT2D eigenvalue weighted by Crippen LogP contribution is 2.41. The van der Waals surface area contributed by atoms with Gasteiger partial charge in [0.1, 0.15) is 0 Å². The largest absolute Gasteiger partial charge is 0.494 e. The Kier molecular flexibility index (Phi) is 23.8. The predicted molar refractivity (Wildman–Crippen MR) is 456 cm³/mol. The second-order valence-corrected chi connectivity index (χ2v) is 30.4. The van der Waals surface area contributed by atoms with Gasteiger partial charge >= 0.3 is 17.9 Å². The smallest absolute Gasteiger partial charge is 0.335 e. The van der Waals surface area contributed by atoms with Crippen LogP contribution in [0.5, 0.6) is 17.6 Å². The first-order valence-corrected chi connectivity index (χ1v) is 39.8. The summed E-state index contributed by atoms with van der Waals surface area (Å²) in [6.07, 6.45) is 11.3. The van der Waals surface area contributed by atoms with Crippen LogP contribution in [-0.4, -0.2) is 193 Å². The van der Waals surface area contributed by atoms with Crippen LogP contribution >= 0.6 is 0 Å². The Morgan fingerprint density at radius 3 is 0.940 bits per heavy atom. The summed E-state index contributed by atoms with van der Waals surface area (Å²) < 4.78 is 0. The molecule has 5 aliphatic heterocycles. The maximum Gasteiger partial charge on any atom is 0.335 e. The van der Waals surface area contributed by atoms with E-state index in [2.05, 4.69) is 24.8 Å². The number of aromatic nitrogens is 3. The van der Waals surface area contributed by atoms with Crippen molar-refractivity contribution in [2.24, 2.45) is 15.0 Å². The van der Waals surface area contributed by atoms with Crippen molar-refractivity contribution in [1.82, 2.24) is 29.7 Å². The molecule has 0 spiro atoms. The van der Waals surface area contributed by atoms with Crippen LogP contribution in [0.4, 0.5) is 34.1 Å². The predicted octanol–water partition coefficient (Wildman–Crippen LogP) is 15.6. The van der Waals surface area contributed by atoms with Crippen LogP contribution in [0.25, 0.3) is 32.7 Å². The summed E-state index contributed by atoms with van der Waals surface area (Å²) in [5.74, 6) is -2.92. The first-order valence-electron chi connectivity index (χ1n) is 39.8. The lowest BCUT2D eigenvalue weighted by Gasteiger charge is -2.27. The molecule has 3 aromatic heterocycles. The van der Waals surface area contributed by atoms with Crippen LogP contribution in [0.2, 0.25) is 0 Å². The monoisotopic (exact) mass is 1570 g/mol. The van der Waals surface area contributed by atoms with Crippen LogP contribution in [0.15, 0.2) is 215 Å². The number of amides is 3. The maximum atomic E-state index is 13.1. The molecule has 596 valence electrons. The van der Waals surface area contributed by atoms with Crippen molar-refractivity contribution in [3.05, 3.63) is 267 Å². The number of carboxylic acids is 3. The Hall–Kier alpha value is -13.3. The molecule has 0 unspecified atom stereocenters. The topological polar surface area (TPSA) is 328 Å². The van der Waals surface area contributed by atoms with Crippen LogP contribution in [-0.2, 0) is 33.6 Å². The van der Waals surface area contributed by atoms with E-state index in [4.69, 9.17) is 15.0 Å². The number of hydrogen-bond acceptors (Lipinski definition) is 15. The van der Waals surface area contributed by atoms with Crippen LogP contribution in [0, 0.1) is 0 Å². The zero-order valence-corrected chi connectivity index (χ0v) is 65.3. The molecule has 2 fully saturated rings. The Labute approximate surface area is 676 Å². The standard InChI is InChI=1S/2C32H32N4O4.C29H28N4O4/c2*37-28(14-17-35-15-5-2-6-16-35)36-18-13-22-19-24(10-12-27(22)36)33-30(21-7-3-1-4-8-21)29-25-11-9-23(32(39)40)20-26(25)34-31(29)38;1-32(2)14-13-25(34)33-15-12-19-16-21(9-11-24(19)33)30-27(18-6-4-3-5-7-18)26-22-10-8-20(29(36)37)17-23(22)31-28(26)35/h2*1,3-4,7-12,19-20,34,38H,2,5-6,13-18H2,(H,39,40);3-11,16-17,31,35H,12-15H2,1-2H3,(H,36,37). The maximum absolute atomic E-state index is 13.1. The van der Waals surface area contributed by atoms with E-state index in [0.717, 1.165) is 120 Å². The van der Waals surface area contributed by atoms with E-state index in [9.17, 15) is 59.4 Å². The summed E-state index contributed by atoms with van der Waals surface area (Å²) in [4.78, 5) is 109. The second-order valence-electron chi connectivity index (χ2n) is 30.4. The lowest BCUT2D eigenvalue weighted by Crippen LogP contribution is -2.35. The molecule has 9 N–H and O–H groups in total. The molecule has 117 heavy (non-hydrogen) atoms. The molecule has 24 nitrogen and oxygen atoms in total. The number of likely N-dealkylation sites (tertiary alicyclic amines) is 2. The van der Waals surface area contributed by atoms with Crippen LogP contribution in [0.3, 0.4) is 0 Å². The zero-order valence-electron chi connectivity index (χ0n) is 65.3. The van der Waals surface area contributed by atoms with Crippen molar-refractivity contribution < 1.29 is 59.4 Å². The zero-order chi connectivity index (χ0) is 81.4. The number of fused-ring (bicyclic) bond motifs is 6. The lowest BCUT2D eigenvalue weighted by molar-refractivity contribution is -0.119. The number of hydrogen-bond donors (Lipinski definition) is 9. The summed E-state index contributed by atoms with van der Waals surface area (Å²) in [7, 11) is 3.91. The minimum Gasteiger partial charge on any atom is -0.494 e. The first-order chi connectivity index (χ1) is 56.8. The summed E-state index contributed by atoms with van der Waals surface area (Å²) >= 11 is 0. The number of aromatic amines is 3. The molecule has 24 heteroatoms. The van der Waals surface area contributed by atoms with Gasteiger partial charge in [0, 0.05) is 125 Å². The average molecular weight is 1570 g/mol. The van der Waals surface area contributed by atoms with E-state index in [1.54, 1.807) is 18.2 Å². The number of carbonyl (C=O) groups is 6. The molecule has 9 aromatic carbocycles. The quantitative estimate of drug-likeness (QED) is 0.0302. The number of benzene rings is 9. The van der Waals surface area contributed by atoms with E-state index < -0.39 is 17.9 Å². The number of aromatic carboxylic acids is 3. The van der Waals surface area contributed by atoms with Crippen molar-refractivity contribution in [2.45, 2.75) is 77.0 Å². The van der Waals surface area contributed by atoms with Gasteiger partial charge in [0.25, 0.3) is 0 Å². The lowest BCUT2D eigenvalue weighted by atomic mass is 10.00. The third kappa shape index (κ3) is 17.7. The fourth-order valence-electron chi connectivity index (χ4n) is 16.4. The molecule has 0 radical (unpaired) electrons. The van der Waals surface area contributed by atoms with E-state index in [0.29, 0.717) is 118 Å². The highest BCUT2D eigenvalue weighted by atomic mass is 16.4. The van der Waals surface area contributed by atoms with Gasteiger partial charge in [-0.1, -0.05) is 122 Å². The van der Waals surface area contributed by atoms with Gasteiger partial charge in [0.05, 0.1) is 67.6 Å². The van der Waals surface area contributed by atoms with Crippen molar-refractivity contribution in [3.8, 4) is 17.6 Å². The van der Waals surface area contributed by atoms with Crippen LogP contribution in [0.1, 0.15) is 139 Å². The Morgan fingerprint density at radius 2 is 0.650 bits per heavy atom. The number of carbonyl (C=O) groups excluding carboxylic acids is 3. The van der Waals surface area contributed by atoms with Gasteiger partial charge in [-0.3, -0.25) is 14.4 Å². The molecule has 2 saturated heterocycles. The van der Waals surface area contributed by atoms with Crippen molar-refractivity contribution in [2.75, 3.05) is 94.2 Å². The molecule has 5 aliphatic rings. The van der Waals surface area contributed by atoms with E-state index in [-0.39, 0.29) is 52.1 Å². The van der Waals surface area contributed by atoms with Gasteiger partial charge in [-0.2, -0.15) is 0 Å². The molecule has 0 aliphatic carbocycles. The van der Waals surface area contributed by atoms with Crippen molar-refractivity contribution in [3.63, 3.8) is 0 Å². The molecule has 0 atom stereocenters. The molecule has 12 aromatic rings. The summed E-state index contributed by atoms with van der Waals surface area (Å²) in [6, 6.07) is 60.5. The minimum absolute atomic E-state index is 0.0771. The first kappa shape index (κ1) is 79.0. The third-order valence-electron chi connectivity index (χ3n) is 22.4. The minimum atomic E-state index is -1.04. The Morgan fingerprint density at radius 1 is 0.350 bits per heavy atom. The fourth-order valence-corrected chi connectivity index (χ4v) is 16.4. The normalized spacial score (nSPS) is 15.1. The number of carboxylic acid groups (broad SMARTS) is 3. The Balaban J connectivity index is 0.000000138. The molecular weight excluding hydrogens is 1480 g/mol. The van der Waals surface area contributed by atoms with E-state index >= 15 is 0 Å². The number of nitrogens with one attached hydrogen (secondary N) is 3. The summed E-state index contributed by atoms with van der Waals surface area (Å²) in [5.41, 5.74) is 15.7. The Bertz CT molecular complexity index is 5620. The van der Waals surface area contributed by atoms with Crippen LogP contribution < -0.4 is 14.7 Å². The third-order valence-corrected chi connectivity index (χ3v) is 22.4. The number of H-pyrrole nitrogens is 3. The van der Waals surface area contributed by atoms with Crippen molar-refractivity contribution >= 4 is 120 Å². The highest BCUT2D eigenvalue weighted by molar-refractivity contribution is 6.24. The molecule has 17 rings (SSSR count). The van der Waals surface area contributed by atoms with Gasteiger partial charge in [-0.25, -0.2) is 29.4 Å². The number of aromatic hydroxyl groups is 3. The number of aliphatic imine (C=N–C) groups is 3. The van der Waals surface area contributed by atoms with Gasteiger partial charge in [-0.05, 0) is 193 Å².